The lowest BCUT2D eigenvalue weighted by atomic mass is 10.3. The number of hydrogen-bond acceptors (Lipinski definition) is 6. The first-order valence-corrected chi connectivity index (χ1v) is 9.65. The standard InChI is InChI=1S/C18H18N4O2S2/c1-11-8-12(2)20-17(19-11)26-15-6-4-14(5-7-15)21-16(23)9-22-13(3)10-25-18(22)24/h4-8,10H,9H2,1-3H3,(H,21,23). The number of nitrogens with one attached hydrogen (secondary N) is 1. The molecule has 2 aromatic heterocycles. The van der Waals surface area contributed by atoms with Crippen LogP contribution in [0.3, 0.4) is 0 Å². The molecule has 0 atom stereocenters. The number of anilines is 1. The minimum atomic E-state index is -0.230. The summed E-state index contributed by atoms with van der Waals surface area (Å²) in [5, 5.41) is 5.26. The Balaban J connectivity index is 1.64. The fraction of sp³-hybridized carbons (Fsp3) is 0.222. The van der Waals surface area contributed by atoms with E-state index in [1.807, 2.05) is 51.1 Å². The van der Waals surface area contributed by atoms with Gasteiger partial charge >= 0.3 is 4.87 Å². The van der Waals surface area contributed by atoms with Crippen molar-refractivity contribution in [3.05, 3.63) is 62.5 Å². The number of carbonyl (C=O) groups is 1. The van der Waals surface area contributed by atoms with Crippen LogP contribution >= 0.6 is 23.1 Å². The number of nitrogens with zero attached hydrogens (tertiary/aromatic N) is 3. The summed E-state index contributed by atoms with van der Waals surface area (Å²) in [6, 6.07) is 9.40. The normalized spacial score (nSPS) is 10.7. The van der Waals surface area contributed by atoms with Gasteiger partial charge < -0.3 is 5.32 Å². The number of carbonyl (C=O) groups excluding carboxylic acids is 1. The quantitative estimate of drug-likeness (QED) is 0.680. The molecule has 0 aliphatic heterocycles. The Morgan fingerprint density at radius 1 is 1.15 bits per heavy atom. The second kappa shape index (κ2) is 7.84. The van der Waals surface area contributed by atoms with Crippen molar-refractivity contribution in [3.63, 3.8) is 0 Å². The van der Waals surface area contributed by atoms with Gasteiger partial charge in [-0.3, -0.25) is 14.2 Å². The Labute approximate surface area is 159 Å². The first kappa shape index (κ1) is 18.3. The van der Waals surface area contributed by atoms with E-state index in [1.54, 1.807) is 5.38 Å². The molecular formula is C18H18N4O2S2. The lowest BCUT2D eigenvalue weighted by Crippen LogP contribution is -2.25. The molecule has 0 spiro atoms. The lowest BCUT2D eigenvalue weighted by Gasteiger charge is -2.08. The van der Waals surface area contributed by atoms with Crippen molar-refractivity contribution in [1.29, 1.82) is 0 Å². The average Bonchev–Trinajstić information content (AvgIpc) is 2.88. The monoisotopic (exact) mass is 386 g/mol. The molecule has 0 aliphatic rings. The van der Waals surface area contributed by atoms with Crippen LogP contribution in [0.15, 0.2) is 50.6 Å². The van der Waals surface area contributed by atoms with E-state index in [1.165, 1.54) is 16.3 Å². The summed E-state index contributed by atoms with van der Waals surface area (Å²) in [6.07, 6.45) is 0. The van der Waals surface area contributed by atoms with Crippen LogP contribution in [0.2, 0.25) is 0 Å². The van der Waals surface area contributed by atoms with Crippen LogP contribution in [0.4, 0.5) is 5.69 Å². The van der Waals surface area contributed by atoms with Crippen LogP contribution in [0.25, 0.3) is 0 Å². The van der Waals surface area contributed by atoms with Gasteiger partial charge in [-0.05, 0) is 62.9 Å². The third-order valence-electron chi connectivity index (χ3n) is 3.59. The molecule has 0 radical (unpaired) electrons. The molecule has 2 heterocycles. The minimum Gasteiger partial charge on any atom is -0.325 e. The zero-order valence-corrected chi connectivity index (χ0v) is 16.3. The number of thiazole rings is 1. The summed E-state index contributed by atoms with van der Waals surface area (Å²) in [7, 11) is 0. The zero-order chi connectivity index (χ0) is 18.7. The Hall–Kier alpha value is -2.45. The number of amides is 1. The number of benzene rings is 1. The van der Waals surface area contributed by atoms with Crippen molar-refractivity contribution >= 4 is 34.7 Å². The smallest absolute Gasteiger partial charge is 0.307 e. The SMILES string of the molecule is Cc1cc(C)nc(Sc2ccc(NC(=O)Cn3c(C)csc3=O)cc2)n1. The van der Waals surface area contributed by atoms with Crippen molar-refractivity contribution in [2.75, 3.05) is 5.32 Å². The van der Waals surface area contributed by atoms with Crippen molar-refractivity contribution in [1.82, 2.24) is 14.5 Å². The van der Waals surface area contributed by atoms with Crippen LogP contribution in [-0.4, -0.2) is 20.4 Å². The molecule has 0 fully saturated rings. The maximum atomic E-state index is 12.1. The Bertz CT molecular complexity index is 973. The third kappa shape index (κ3) is 4.59. The van der Waals surface area contributed by atoms with Gasteiger partial charge in [0.05, 0.1) is 0 Å². The van der Waals surface area contributed by atoms with Gasteiger partial charge in [0.1, 0.15) is 6.54 Å². The highest BCUT2D eigenvalue weighted by atomic mass is 32.2. The molecule has 26 heavy (non-hydrogen) atoms. The fourth-order valence-electron chi connectivity index (χ4n) is 2.39. The number of aryl methyl sites for hydroxylation is 3. The largest absolute Gasteiger partial charge is 0.325 e. The van der Waals surface area contributed by atoms with Crippen LogP contribution in [0.1, 0.15) is 17.1 Å². The van der Waals surface area contributed by atoms with Crippen molar-refractivity contribution in [3.8, 4) is 0 Å². The van der Waals surface area contributed by atoms with E-state index in [4.69, 9.17) is 0 Å². The van der Waals surface area contributed by atoms with Crippen LogP contribution in [-0.2, 0) is 11.3 Å². The van der Waals surface area contributed by atoms with Crippen molar-refractivity contribution in [2.45, 2.75) is 37.4 Å². The second-order valence-corrected chi connectivity index (χ2v) is 7.70. The summed E-state index contributed by atoms with van der Waals surface area (Å²) < 4.78 is 1.46. The Kier molecular flexibility index (Phi) is 5.53. The topological polar surface area (TPSA) is 76.9 Å². The van der Waals surface area contributed by atoms with E-state index < -0.39 is 0 Å². The highest BCUT2D eigenvalue weighted by Gasteiger charge is 2.09. The van der Waals surface area contributed by atoms with Crippen LogP contribution < -0.4 is 10.2 Å². The Morgan fingerprint density at radius 3 is 2.38 bits per heavy atom. The summed E-state index contributed by atoms with van der Waals surface area (Å²) in [6.45, 7) is 5.71. The summed E-state index contributed by atoms with van der Waals surface area (Å²) >= 11 is 2.57. The number of hydrogen-bond donors (Lipinski definition) is 1. The molecule has 0 saturated heterocycles. The van der Waals surface area contributed by atoms with Gasteiger partial charge in [-0.15, -0.1) is 0 Å². The summed E-state index contributed by atoms with van der Waals surface area (Å²) in [5.74, 6) is -0.230. The second-order valence-electron chi connectivity index (χ2n) is 5.84. The van der Waals surface area contributed by atoms with Crippen LogP contribution in [0, 0.1) is 20.8 Å². The number of rotatable bonds is 5. The first-order valence-electron chi connectivity index (χ1n) is 7.96. The van der Waals surface area contributed by atoms with E-state index in [-0.39, 0.29) is 17.3 Å². The molecule has 1 amide bonds. The van der Waals surface area contributed by atoms with Crippen LogP contribution in [0.5, 0.6) is 0 Å². The maximum Gasteiger partial charge on any atom is 0.307 e. The molecule has 3 rings (SSSR count). The molecule has 3 aromatic rings. The summed E-state index contributed by atoms with van der Waals surface area (Å²) in [5.41, 5.74) is 3.34. The molecule has 1 aromatic carbocycles. The number of aromatic nitrogens is 3. The molecule has 0 saturated carbocycles. The molecular weight excluding hydrogens is 368 g/mol. The highest BCUT2D eigenvalue weighted by Crippen LogP contribution is 2.26. The van der Waals surface area contributed by atoms with Gasteiger partial charge in [0.15, 0.2) is 5.16 Å². The van der Waals surface area contributed by atoms with Gasteiger partial charge in [-0.2, -0.15) is 0 Å². The molecule has 6 nitrogen and oxygen atoms in total. The molecule has 0 unspecified atom stereocenters. The van der Waals surface area contributed by atoms with E-state index in [0.717, 1.165) is 33.3 Å². The maximum absolute atomic E-state index is 12.1. The van der Waals surface area contributed by atoms with E-state index in [9.17, 15) is 9.59 Å². The van der Waals surface area contributed by atoms with Crippen molar-refractivity contribution < 1.29 is 4.79 Å². The summed E-state index contributed by atoms with van der Waals surface area (Å²) in [4.78, 5) is 33.5. The average molecular weight is 387 g/mol. The minimum absolute atomic E-state index is 0.0150. The van der Waals surface area contributed by atoms with E-state index in [2.05, 4.69) is 15.3 Å². The van der Waals surface area contributed by atoms with Gasteiger partial charge in [0, 0.05) is 33.0 Å². The van der Waals surface area contributed by atoms with Crippen molar-refractivity contribution in [2.24, 2.45) is 0 Å². The molecule has 0 bridgehead atoms. The lowest BCUT2D eigenvalue weighted by molar-refractivity contribution is -0.116. The van der Waals surface area contributed by atoms with E-state index in [0.29, 0.717) is 10.8 Å². The highest BCUT2D eigenvalue weighted by molar-refractivity contribution is 7.99. The molecule has 134 valence electrons. The molecule has 0 aliphatic carbocycles. The molecule has 1 N–H and O–H groups in total. The first-order chi connectivity index (χ1) is 12.4. The van der Waals surface area contributed by atoms with E-state index >= 15 is 0 Å². The zero-order valence-electron chi connectivity index (χ0n) is 14.6. The fourth-order valence-corrected chi connectivity index (χ4v) is 3.99. The van der Waals surface area contributed by atoms with Gasteiger partial charge in [-0.25, -0.2) is 9.97 Å². The van der Waals surface area contributed by atoms with Gasteiger partial charge in [-0.1, -0.05) is 11.3 Å². The Morgan fingerprint density at radius 2 is 1.81 bits per heavy atom. The van der Waals surface area contributed by atoms with Gasteiger partial charge in [0.2, 0.25) is 5.91 Å². The molecule has 8 heteroatoms. The predicted octanol–water partition coefficient (Wildman–Crippen LogP) is 3.41. The predicted molar refractivity (Wildman–Crippen MR) is 104 cm³/mol. The third-order valence-corrected chi connectivity index (χ3v) is 5.34. The van der Waals surface area contributed by atoms with Gasteiger partial charge in [0.25, 0.3) is 0 Å².